The minimum absolute atomic E-state index is 0.0141. The fourth-order valence-electron chi connectivity index (χ4n) is 2.85. The third kappa shape index (κ3) is 5.32. The first-order valence-electron chi connectivity index (χ1n) is 8.76. The van der Waals surface area contributed by atoms with Crippen LogP contribution >= 0.6 is 0 Å². The van der Waals surface area contributed by atoms with Crippen LogP contribution in [0.3, 0.4) is 0 Å². The van der Waals surface area contributed by atoms with E-state index in [1.807, 2.05) is 13.8 Å². The summed E-state index contributed by atoms with van der Waals surface area (Å²) in [7, 11) is 0. The van der Waals surface area contributed by atoms with Crippen LogP contribution in [0, 0.1) is 0 Å². The van der Waals surface area contributed by atoms with Crippen molar-refractivity contribution in [2.45, 2.75) is 20.3 Å². The highest BCUT2D eigenvalue weighted by Crippen LogP contribution is 2.12. The molecule has 0 atom stereocenters. The van der Waals surface area contributed by atoms with Gasteiger partial charge in [-0.2, -0.15) is 0 Å². The molecule has 0 saturated carbocycles. The van der Waals surface area contributed by atoms with Crippen LogP contribution < -0.4 is 10.6 Å². The highest BCUT2D eigenvalue weighted by Gasteiger charge is 2.14. The Labute approximate surface area is 144 Å². The average molecular weight is 332 g/mol. The number of nitrogens with one attached hydrogen (secondary N) is 2. The maximum absolute atomic E-state index is 12.3. The van der Waals surface area contributed by atoms with Crippen LogP contribution in [0.2, 0.25) is 0 Å². The predicted molar refractivity (Wildman–Crippen MR) is 96.2 cm³/mol. The van der Waals surface area contributed by atoms with Crippen molar-refractivity contribution in [3.8, 4) is 0 Å². The van der Waals surface area contributed by atoms with Crippen LogP contribution in [0.4, 0.5) is 5.69 Å². The number of carbonyl (C=O) groups is 2. The van der Waals surface area contributed by atoms with Crippen LogP contribution in [-0.2, 0) is 4.79 Å². The molecule has 2 rings (SSSR count). The van der Waals surface area contributed by atoms with Gasteiger partial charge in [0.15, 0.2) is 0 Å². The molecule has 1 aliphatic heterocycles. The van der Waals surface area contributed by atoms with E-state index in [9.17, 15) is 9.59 Å². The molecule has 6 nitrogen and oxygen atoms in total. The molecule has 2 amide bonds. The van der Waals surface area contributed by atoms with E-state index in [0.29, 0.717) is 25.2 Å². The number of nitrogens with zero attached hydrogens (tertiary/aromatic N) is 2. The summed E-state index contributed by atoms with van der Waals surface area (Å²) in [5.74, 6) is 0.00895. The molecule has 1 aliphatic rings. The first-order chi connectivity index (χ1) is 11.6. The second-order valence-corrected chi connectivity index (χ2v) is 5.98. The molecule has 0 unspecified atom stereocenters. The van der Waals surface area contributed by atoms with Crippen LogP contribution in [0.1, 0.15) is 30.6 Å². The molecule has 1 saturated heterocycles. The molecule has 0 aliphatic carbocycles. The molecule has 24 heavy (non-hydrogen) atoms. The number of carbonyl (C=O) groups excluding carboxylic acids is 2. The molecule has 1 aromatic rings. The lowest BCUT2D eigenvalue weighted by Gasteiger charge is -2.19. The molecule has 0 aromatic heterocycles. The fourth-order valence-corrected chi connectivity index (χ4v) is 2.85. The molecule has 1 aromatic carbocycles. The average Bonchev–Trinajstić information content (AvgIpc) is 2.85. The Morgan fingerprint density at radius 3 is 2.50 bits per heavy atom. The standard InChI is InChI=1S/C18H28N4O2/c1-3-22(4-2)18(24)15-6-8-16(9-7-15)20-17(23)14-21-12-5-10-19-11-13-21/h6-9,19H,3-5,10-14H2,1-2H3,(H,20,23). The highest BCUT2D eigenvalue weighted by molar-refractivity contribution is 5.96. The van der Waals surface area contributed by atoms with Crippen LogP contribution in [-0.4, -0.2) is 67.4 Å². The van der Waals surface area contributed by atoms with E-state index in [-0.39, 0.29) is 11.8 Å². The quantitative estimate of drug-likeness (QED) is 0.827. The summed E-state index contributed by atoms with van der Waals surface area (Å²) in [5, 5.41) is 6.23. The molecular formula is C18H28N4O2. The Bertz CT molecular complexity index is 532. The fraction of sp³-hybridized carbons (Fsp3) is 0.556. The van der Waals surface area contributed by atoms with Gasteiger partial charge in [-0.25, -0.2) is 0 Å². The van der Waals surface area contributed by atoms with Gasteiger partial charge < -0.3 is 15.5 Å². The van der Waals surface area contributed by atoms with Gasteiger partial charge in [0, 0.05) is 37.4 Å². The molecule has 1 fully saturated rings. The Morgan fingerprint density at radius 2 is 1.83 bits per heavy atom. The summed E-state index contributed by atoms with van der Waals surface area (Å²) in [6.07, 6.45) is 1.06. The SMILES string of the molecule is CCN(CC)C(=O)c1ccc(NC(=O)CN2CCCNCC2)cc1. The molecule has 0 radical (unpaired) electrons. The Kier molecular flexibility index (Phi) is 7.21. The lowest BCUT2D eigenvalue weighted by Crippen LogP contribution is -2.35. The van der Waals surface area contributed by atoms with E-state index in [2.05, 4.69) is 15.5 Å². The second kappa shape index (κ2) is 9.39. The van der Waals surface area contributed by atoms with Gasteiger partial charge in [0.25, 0.3) is 5.91 Å². The maximum atomic E-state index is 12.3. The first-order valence-corrected chi connectivity index (χ1v) is 8.76. The van der Waals surface area contributed by atoms with Crippen LogP contribution in [0.15, 0.2) is 24.3 Å². The number of amides is 2. The van der Waals surface area contributed by atoms with E-state index in [0.717, 1.165) is 38.3 Å². The van der Waals surface area contributed by atoms with E-state index in [1.165, 1.54) is 0 Å². The van der Waals surface area contributed by atoms with Gasteiger partial charge in [0.1, 0.15) is 0 Å². The summed E-state index contributed by atoms with van der Waals surface area (Å²) in [6.45, 7) is 9.50. The van der Waals surface area contributed by atoms with E-state index < -0.39 is 0 Å². The van der Waals surface area contributed by atoms with Crippen LogP contribution in [0.25, 0.3) is 0 Å². The largest absolute Gasteiger partial charge is 0.339 e. The van der Waals surface area contributed by atoms with Gasteiger partial charge in [0.05, 0.1) is 6.54 Å². The lowest BCUT2D eigenvalue weighted by atomic mass is 10.1. The summed E-state index contributed by atoms with van der Waals surface area (Å²) in [5.41, 5.74) is 1.37. The third-order valence-electron chi connectivity index (χ3n) is 4.27. The van der Waals surface area contributed by atoms with Crippen molar-refractivity contribution < 1.29 is 9.59 Å². The smallest absolute Gasteiger partial charge is 0.253 e. The normalized spacial score (nSPS) is 15.6. The molecule has 0 spiro atoms. The van der Waals surface area contributed by atoms with E-state index in [4.69, 9.17) is 0 Å². The minimum Gasteiger partial charge on any atom is -0.339 e. The van der Waals surface area contributed by atoms with Crippen LogP contribution in [0.5, 0.6) is 0 Å². The van der Waals surface area contributed by atoms with Gasteiger partial charge in [-0.15, -0.1) is 0 Å². The Morgan fingerprint density at radius 1 is 1.12 bits per heavy atom. The van der Waals surface area contributed by atoms with Crippen molar-refractivity contribution in [3.05, 3.63) is 29.8 Å². The first kappa shape index (κ1) is 18.4. The van der Waals surface area contributed by atoms with E-state index in [1.54, 1.807) is 29.2 Å². The Hall–Kier alpha value is -1.92. The number of benzene rings is 1. The zero-order chi connectivity index (χ0) is 17.4. The van der Waals surface area contributed by atoms with Crippen molar-refractivity contribution in [3.63, 3.8) is 0 Å². The minimum atomic E-state index is -0.0141. The lowest BCUT2D eigenvalue weighted by molar-refractivity contribution is -0.117. The monoisotopic (exact) mass is 332 g/mol. The summed E-state index contributed by atoms with van der Waals surface area (Å²) in [6, 6.07) is 7.12. The number of rotatable bonds is 6. The molecule has 2 N–H and O–H groups in total. The zero-order valence-electron chi connectivity index (χ0n) is 14.7. The summed E-state index contributed by atoms with van der Waals surface area (Å²) in [4.78, 5) is 28.4. The second-order valence-electron chi connectivity index (χ2n) is 5.98. The highest BCUT2D eigenvalue weighted by atomic mass is 16.2. The van der Waals surface area contributed by atoms with Crippen molar-refractivity contribution in [2.24, 2.45) is 0 Å². The Balaban J connectivity index is 1.88. The van der Waals surface area contributed by atoms with Gasteiger partial charge in [-0.05, 0) is 57.6 Å². The molecular weight excluding hydrogens is 304 g/mol. The number of hydrogen-bond acceptors (Lipinski definition) is 4. The number of anilines is 1. The topological polar surface area (TPSA) is 64.7 Å². The van der Waals surface area contributed by atoms with Crippen molar-refractivity contribution >= 4 is 17.5 Å². The van der Waals surface area contributed by atoms with Crippen molar-refractivity contribution in [2.75, 3.05) is 51.1 Å². The van der Waals surface area contributed by atoms with Gasteiger partial charge in [-0.3, -0.25) is 14.5 Å². The van der Waals surface area contributed by atoms with E-state index >= 15 is 0 Å². The predicted octanol–water partition coefficient (Wildman–Crippen LogP) is 1.40. The summed E-state index contributed by atoms with van der Waals surface area (Å²) < 4.78 is 0. The van der Waals surface area contributed by atoms with Gasteiger partial charge in [-0.1, -0.05) is 0 Å². The molecule has 132 valence electrons. The number of hydrogen-bond donors (Lipinski definition) is 2. The third-order valence-corrected chi connectivity index (χ3v) is 4.27. The van der Waals surface area contributed by atoms with Crippen molar-refractivity contribution in [1.29, 1.82) is 0 Å². The molecule has 1 heterocycles. The molecule has 0 bridgehead atoms. The molecule has 6 heteroatoms. The van der Waals surface area contributed by atoms with Crippen molar-refractivity contribution in [1.82, 2.24) is 15.1 Å². The van der Waals surface area contributed by atoms with Gasteiger partial charge >= 0.3 is 0 Å². The zero-order valence-corrected chi connectivity index (χ0v) is 14.7. The summed E-state index contributed by atoms with van der Waals surface area (Å²) >= 11 is 0. The maximum Gasteiger partial charge on any atom is 0.253 e. The van der Waals surface area contributed by atoms with Gasteiger partial charge in [0.2, 0.25) is 5.91 Å².